The minimum atomic E-state index is 0. The lowest BCUT2D eigenvalue weighted by Crippen LogP contribution is -2.51. The average molecular weight is 355 g/mol. The minimum absolute atomic E-state index is 0. The number of carbonyl (C=O) groups excluding carboxylic acids is 1. The second-order valence-electron chi connectivity index (χ2n) is 5.04. The highest BCUT2D eigenvalue weighted by Crippen LogP contribution is 2.21. The number of rotatable bonds is 4. The average Bonchev–Trinajstić information content (AvgIpc) is 2.85. The van der Waals surface area contributed by atoms with Crippen LogP contribution in [0.1, 0.15) is 12.6 Å². The van der Waals surface area contributed by atoms with Gasteiger partial charge in [0, 0.05) is 44.0 Å². The van der Waals surface area contributed by atoms with Gasteiger partial charge in [-0.25, -0.2) is 4.98 Å². The first-order chi connectivity index (χ1) is 9.11. The Morgan fingerprint density at radius 2 is 2.00 bits per heavy atom. The number of hydrogen-bond donors (Lipinski definition) is 1. The van der Waals surface area contributed by atoms with Gasteiger partial charge in [-0.3, -0.25) is 4.79 Å². The van der Waals surface area contributed by atoms with E-state index in [1.165, 1.54) is 0 Å². The zero-order chi connectivity index (χ0) is 13.8. The van der Waals surface area contributed by atoms with Gasteiger partial charge >= 0.3 is 0 Å². The summed E-state index contributed by atoms with van der Waals surface area (Å²) < 4.78 is 0. The van der Waals surface area contributed by atoms with Crippen molar-refractivity contribution >= 4 is 47.2 Å². The predicted octanol–water partition coefficient (Wildman–Crippen LogP) is 1.80. The number of anilines is 1. The lowest BCUT2D eigenvalue weighted by Gasteiger charge is -2.35. The van der Waals surface area contributed by atoms with E-state index in [0.717, 1.165) is 43.5 Å². The summed E-state index contributed by atoms with van der Waals surface area (Å²) in [6, 6.07) is 0. The molecular weight excluding hydrogens is 331 g/mol. The summed E-state index contributed by atoms with van der Waals surface area (Å²) in [5, 5.41) is 6.21. The maximum Gasteiger partial charge on any atom is 0.226 e. The second-order valence-corrected chi connectivity index (χ2v) is 5.88. The highest BCUT2D eigenvalue weighted by molar-refractivity contribution is 7.13. The molecule has 0 aromatic carbocycles. The third-order valence-electron chi connectivity index (χ3n) is 3.40. The van der Waals surface area contributed by atoms with Crippen LogP contribution in [0, 0.1) is 12.8 Å². The largest absolute Gasteiger partial charge is 0.345 e. The first-order valence-electron chi connectivity index (χ1n) is 6.72. The Morgan fingerprint density at radius 1 is 1.38 bits per heavy atom. The van der Waals surface area contributed by atoms with Crippen molar-refractivity contribution in [1.29, 1.82) is 0 Å². The lowest BCUT2D eigenvalue weighted by atomic mass is 10.1. The number of nitrogens with one attached hydrogen (secondary N) is 1. The van der Waals surface area contributed by atoms with E-state index in [1.807, 2.05) is 25.8 Å². The van der Waals surface area contributed by atoms with Crippen LogP contribution in [-0.4, -0.2) is 55.6 Å². The molecule has 1 atom stereocenters. The monoisotopic (exact) mass is 354 g/mol. The van der Waals surface area contributed by atoms with Gasteiger partial charge in [-0.2, -0.15) is 0 Å². The standard InChI is InChI=1S/C13H22N4OS.2ClH/c1-10(8-14-3)12(18)16-4-6-17(7-5-16)13-15-11(2)9-19-13;;/h9-10,14H,4-8H2,1-3H3;2*1H. The molecule has 1 aromatic rings. The van der Waals surface area contributed by atoms with Crippen molar-refractivity contribution < 1.29 is 4.79 Å². The zero-order valence-corrected chi connectivity index (χ0v) is 15.1. The number of hydrogen-bond acceptors (Lipinski definition) is 5. The fraction of sp³-hybridized carbons (Fsp3) is 0.692. The van der Waals surface area contributed by atoms with Crippen LogP contribution in [0.15, 0.2) is 5.38 Å². The highest BCUT2D eigenvalue weighted by atomic mass is 35.5. The van der Waals surface area contributed by atoms with Crippen LogP contribution in [0.3, 0.4) is 0 Å². The summed E-state index contributed by atoms with van der Waals surface area (Å²) >= 11 is 1.68. The van der Waals surface area contributed by atoms with Crippen LogP contribution in [0.4, 0.5) is 5.13 Å². The fourth-order valence-electron chi connectivity index (χ4n) is 2.31. The lowest BCUT2D eigenvalue weighted by molar-refractivity contribution is -0.135. The Bertz CT molecular complexity index is 436. The highest BCUT2D eigenvalue weighted by Gasteiger charge is 2.25. The quantitative estimate of drug-likeness (QED) is 0.895. The second kappa shape index (κ2) is 9.46. The SMILES string of the molecule is CNCC(C)C(=O)N1CCN(c2nc(C)cs2)CC1.Cl.Cl. The van der Waals surface area contributed by atoms with E-state index in [1.54, 1.807) is 11.3 Å². The molecule has 1 fully saturated rings. The number of halogens is 2. The van der Waals surface area contributed by atoms with Crippen molar-refractivity contribution in [2.24, 2.45) is 5.92 Å². The summed E-state index contributed by atoms with van der Waals surface area (Å²) in [7, 11) is 1.88. The van der Waals surface area contributed by atoms with Crippen LogP contribution in [0.2, 0.25) is 0 Å². The van der Waals surface area contributed by atoms with Crippen molar-refractivity contribution in [2.45, 2.75) is 13.8 Å². The summed E-state index contributed by atoms with van der Waals surface area (Å²) in [6.07, 6.45) is 0. The summed E-state index contributed by atoms with van der Waals surface area (Å²) in [6.45, 7) is 8.09. The van der Waals surface area contributed by atoms with E-state index < -0.39 is 0 Å². The molecular formula is C13H24Cl2N4OS. The Labute approximate surface area is 142 Å². The number of nitrogens with zero attached hydrogens (tertiary/aromatic N) is 3. The molecule has 21 heavy (non-hydrogen) atoms. The number of aryl methyl sites for hydroxylation is 1. The molecule has 0 radical (unpaired) electrons. The molecule has 0 aliphatic carbocycles. The Balaban J connectivity index is 0.00000200. The van der Waals surface area contributed by atoms with E-state index in [4.69, 9.17) is 0 Å². The number of thiazole rings is 1. The molecule has 1 aromatic heterocycles. The van der Waals surface area contributed by atoms with Crippen LogP contribution < -0.4 is 10.2 Å². The van der Waals surface area contributed by atoms with Gasteiger partial charge in [0.1, 0.15) is 0 Å². The molecule has 1 aliphatic heterocycles. The maximum atomic E-state index is 12.2. The minimum Gasteiger partial charge on any atom is -0.345 e. The van der Waals surface area contributed by atoms with Gasteiger partial charge < -0.3 is 15.1 Å². The maximum absolute atomic E-state index is 12.2. The Hall–Kier alpha value is -0.560. The van der Waals surface area contributed by atoms with E-state index in [2.05, 4.69) is 20.6 Å². The fourth-order valence-corrected chi connectivity index (χ4v) is 3.17. The van der Waals surface area contributed by atoms with Crippen molar-refractivity contribution in [3.8, 4) is 0 Å². The van der Waals surface area contributed by atoms with Gasteiger partial charge in [-0.05, 0) is 14.0 Å². The van der Waals surface area contributed by atoms with E-state index in [9.17, 15) is 4.79 Å². The first-order valence-corrected chi connectivity index (χ1v) is 7.60. The summed E-state index contributed by atoms with van der Waals surface area (Å²) in [5.74, 6) is 0.308. The van der Waals surface area contributed by atoms with E-state index >= 15 is 0 Å². The van der Waals surface area contributed by atoms with E-state index in [0.29, 0.717) is 0 Å². The molecule has 1 aliphatic rings. The van der Waals surface area contributed by atoms with Gasteiger partial charge in [0.2, 0.25) is 5.91 Å². The molecule has 1 amide bonds. The molecule has 0 bridgehead atoms. The molecule has 122 valence electrons. The number of piperazine rings is 1. The van der Waals surface area contributed by atoms with Crippen molar-refractivity contribution in [3.63, 3.8) is 0 Å². The predicted molar refractivity (Wildman–Crippen MR) is 93.2 cm³/mol. The van der Waals surface area contributed by atoms with Gasteiger partial charge in [-0.1, -0.05) is 6.92 Å². The molecule has 0 spiro atoms. The molecule has 2 heterocycles. The van der Waals surface area contributed by atoms with Crippen molar-refractivity contribution in [1.82, 2.24) is 15.2 Å². The van der Waals surface area contributed by atoms with Crippen LogP contribution in [-0.2, 0) is 4.79 Å². The smallest absolute Gasteiger partial charge is 0.226 e. The Kier molecular flexibility index (Phi) is 9.20. The third kappa shape index (κ3) is 5.29. The molecule has 8 heteroatoms. The molecule has 1 saturated heterocycles. The Morgan fingerprint density at radius 3 is 2.48 bits per heavy atom. The zero-order valence-electron chi connectivity index (χ0n) is 12.7. The molecule has 1 unspecified atom stereocenters. The van der Waals surface area contributed by atoms with Gasteiger partial charge in [-0.15, -0.1) is 36.2 Å². The van der Waals surface area contributed by atoms with Crippen LogP contribution in [0.25, 0.3) is 0 Å². The summed E-state index contributed by atoms with van der Waals surface area (Å²) in [5.41, 5.74) is 1.07. The van der Waals surface area contributed by atoms with Crippen molar-refractivity contribution in [2.75, 3.05) is 44.7 Å². The van der Waals surface area contributed by atoms with Crippen LogP contribution in [0.5, 0.6) is 0 Å². The number of carbonyl (C=O) groups is 1. The molecule has 2 rings (SSSR count). The molecule has 0 saturated carbocycles. The normalized spacial score (nSPS) is 16.0. The number of amides is 1. The van der Waals surface area contributed by atoms with Gasteiger partial charge in [0.05, 0.1) is 5.69 Å². The molecule has 1 N–H and O–H groups in total. The van der Waals surface area contributed by atoms with Gasteiger partial charge in [0.25, 0.3) is 0 Å². The van der Waals surface area contributed by atoms with Gasteiger partial charge in [0.15, 0.2) is 5.13 Å². The van der Waals surface area contributed by atoms with E-state index in [-0.39, 0.29) is 36.6 Å². The third-order valence-corrected chi connectivity index (χ3v) is 4.42. The molecule has 5 nitrogen and oxygen atoms in total. The first kappa shape index (κ1) is 20.4. The van der Waals surface area contributed by atoms with Crippen molar-refractivity contribution in [3.05, 3.63) is 11.1 Å². The van der Waals surface area contributed by atoms with Crippen LogP contribution >= 0.6 is 36.2 Å². The summed E-state index contributed by atoms with van der Waals surface area (Å²) in [4.78, 5) is 20.9. The topological polar surface area (TPSA) is 48.5 Å². The number of aromatic nitrogens is 1.